The molecule has 94 valence electrons. The van der Waals surface area contributed by atoms with E-state index in [4.69, 9.17) is 9.15 Å². The van der Waals surface area contributed by atoms with Crippen LogP contribution in [0.1, 0.15) is 10.6 Å². The third-order valence-electron chi connectivity index (χ3n) is 2.61. The standard InChI is InChI=1S/C11H15BrN2O3/c1-14(7-8-6-13-4-5-16-8)11(15)9-2-3-10(12)17-9/h2-3,8,13H,4-7H2,1H3. The van der Waals surface area contributed by atoms with Gasteiger partial charge in [-0.1, -0.05) is 0 Å². The smallest absolute Gasteiger partial charge is 0.289 e. The van der Waals surface area contributed by atoms with Gasteiger partial charge in [0.25, 0.3) is 5.91 Å². The average molecular weight is 303 g/mol. The Morgan fingerprint density at radius 1 is 1.65 bits per heavy atom. The highest BCUT2D eigenvalue weighted by Gasteiger charge is 2.21. The largest absolute Gasteiger partial charge is 0.444 e. The van der Waals surface area contributed by atoms with Gasteiger partial charge < -0.3 is 19.4 Å². The highest BCUT2D eigenvalue weighted by atomic mass is 79.9. The first-order valence-electron chi connectivity index (χ1n) is 5.50. The molecule has 1 aliphatic heterocycles. The fraction of sp³-hybridized carbons (Fsp3) is 0.545. The summed E-state index contributed by atoms with van der Waals surface area (Å²) in [5, 5.41) is 3.23. The molecule has 1 atom stereocenters. The molecular formula is C11H15BrN2O3. The van der Waals surface area contributed by atoms with Crippen LogP contribution < -0.4 is 5.32 Å². The lowest BCUT2D eigenvalue weighted by Crippen LogP contribution is -2.45. The molecule has 1 fully saturated rings. The van der Waals surface area contributed by atoms with Crippen molar-refractivity contribution in [2.45, 2.75) is 6.10 Å². The van der Waals surface area contributed by atoms with E-state index in [0.717, 1.165) is 13.1 Å². The molecule has 5 nitrogen and oxygen atoms in total. The van der Waals surface area contributed by atoms with Gasteiger partial charge >= 0.3 is 0 Å². The molecule has 1 aromatic rings. The maximum atomic E-state index is 12.0. The second kappa shape index (κ2) is 5.66. The molecule has 2 rings (SSSR count). The van der Waals surface area contributed by atoms with Crippen LogP contribution in [0.5, 0.6) is 0 Å². The minimum atomic E-state index is -0.134. The SMILES string of the molecule is CN(CC1CNCCO1)C(=O)c1ccc(Br)o1. The number of halogens is 1. The Morgan fingerprint density at radius 3 is 3.06 bits per heavy atom. The molecule has 0 aliphatic carbocycles. The minimum absolute atomic E-state index is 0.0519. The summed E-state index contributed by atoms with van der Waals surface area (Å²) in [6, 6.07) is 3.36. The fourth-order valence-corrected chi connectivity index (χ4v) is 2.05. The van der Waals surface area contributed by atoms with Crippen LogP contribution >= 0.6 is 15.9 Å². The first-order chi connectivity index (χ1) is 8.16. The Balaban J connectivity index is 1.90. The number of furan rings is 1. The zero-order valence-electron chi connectivity index (χ0n) is 9.61. The van der Waals surface area contributed by atoms with Crippen molar-refractivity contribution in [3.05, 3.63) is 22.6 Å². The number of carbonyl (C=O) groups is 1. The van der Waals surface area contributed by atoms with E-state index in [-0.39, 0.29) is 12.0 Å². The predicted molar refractivity (Wildman–Crippen MR) is 66.0 cm³/mol. The molecule has 2 heterocycles. The summed E-state index contributed by atoms with van der Waals surface area (Å²) < 4.78 is 11.3. The summed E-state index contributed by atoms with van der Waals surface area (Å²) in [6.45, 7) is 2.90. The summed E-state index contributed by atoms with van der Waals surface area (Å²) in [4.78, 5) is 13.6. The van der Waals surface area contributed by atoms with Crippen molar-refractivity contribution >= 4 is 21.8 Å². The molecule has 1 aromatic heterocycles. The van der Waals surface area contributed by atoms with Crippen LogP contribution in [0.3, 0.4) is 0 Å². The summed E-state index contributed by atoms with van der Waals surface area (Å²) in [5.41, 5.74) is 0. The number of nitrogens with zero attached hydrogens (tertiary/aromatic N) is 1. The lowest BCUT2D eigenvalue weighted by Gasteiger charge is -2.27. The van der Waals surface area contributed by atoms with Crippen LogP contribution in [0, 0.1) is 0 Å². The molecule has 0 bridgehead atoms. The Labute approximate surface area is 108 Å². The third kappa shape index (κ3) is 3.31. The van der Waals surface area contributed by atoms with Gasteiger partial charge in [0, 0.05) is 26.7 Å². The summed E-state index contributed by atoms with van der Waals surface area (Å²) >= 11 is 3.18. The van der Waals surface area contributed by atoms with Gasteiger partial charge in [0.1, 0.15) is 0 Å². The molecule has 0 radical (unpaired) electrons. The van der Waals surface area contributed by atoms with Gasteiger partial charge in [-0.05, 0) is 28.1 Å². The molecular weight excluding hydrogens is 288 g/mol. The van der Waals surface area contributed by atoms with Crippen LogP contribution in [-0.4, -0.2) is 50.2 Å². The van der Waals surface area contributed by atoms with Crippen LogP contribution in [0.15, 0.2) is 21.2 Å². The van der Waals surface area contributed by atoms with Crippen molar-refractivity contribution in [3.63, 3.8) is 0 Å². The number of rotatable bonds is 3. The maximum Gasteiger partial charge on any atom is 0.289 e. The second-order valence-corrected chi connectivity index (χ2v) is 4.77. The Bertz CT molecular complexity index is 388. The van der Waals surface area contributed by atoms with Gasteiger partial charge in [-0.25, -0.2) is 0 Å². The summed E-state index contributed by atoms with van der Waals surface area (Å²) in [7, 11) is 1.75. The summed E-state index contributed by atoms with van der Waals surface area (Å²) in [6.07, 6.45) is 0.0519. The topological polar surface area (TPSA) is 54.7 Å². The van der Waals surface area contributed by atoms with E-state index in [2.05, 4.69) is 21.2 Å². The van der Waals surface area contributed by atoms with Crippen molar-refractivity contribution < 1.29 is 13.9 Å². The minimum Gasteiger partial charge on any atom is -0.444 e. The molecule has 0 spiro atoms. The number of hydrogen-bond acceptors (Lipinski definition) is 4. The van der Waals surface area contributed by atoms with Crippen molar-refractivity contribution in [1.82, 2.24) is 10.2 Å². The molecule has 1 aliphatic rings. The predicted octanol–water partition coefficient (Wildman–Crippen LogP) is 1.10. The van der Waals surface area contributed by atoms with Gasteiger partial charge in [0.15, 0.2) is 10.4 Å². The number of hydrogen-bond donors (Lipinski definition) is 1. The second-order valence-electron chi connectivity index (χ2n) is 3.99. The molecule has 1 saturated heterocycles. The third-order valence-corrected chi connectivity index (χ3v) is 3.04. The number of carbonyl (C=O) groups excluding carboxylic acids is 1. The van der Waals surface area contributed by atoms with Gasteiger partial charge in [-0.2, -0.15) is 0 Å². The number of ether oxygens (including phenoxy) is 1. The number of morpholine rings is 1. The first-order valence-corrected chi connectivity index (χ1v) is 6.29. The Morgan fingerprint density at radius 2 is 2.47 bits per heavy atom. The van der Waals surface area contributed by atoms with E-state index in [9.17, 15) is 4.79 Å². The van der Waals surface area contributed by atoms with Gasteiger partial charge in [-0.3, -0.25) is 4.79 Å². The number of likely N-dealkylation sites (N-methyl/N-ethyl adjacent to an activating group) is 1. The molecule has 0 aromatic carbocycles. The van der Waals surface area contributed by atoms with Crippen molar-refractivity contribution in [3.8, 4) is 0 Å². The fourth-order valence-electron chi connectivity index (χ4n) is 1.74. The summed E-state index contributed by atoms with van der Waals surface area (Å²) in [5.74, 6) is 0.202. The van der Waals surface area contributed by atoms with Crippen LogP contribution in [-0.2, 0) is 4.74 Å². The van der Waals surface area contributed by atoms with E-state index < -0.39 is 0 Å². The van der Waals surface area contributed by atoms with Gasteiger partial charge in [-0.15, -0.1) is 0 Å². The highest BCUT2D eigenvalue weighted by Crippen LogP contribution is 2.15. The quantitative estimate of drug-likeness (QED) is 0.908. The lowest BCUT2D eigenvalue weighted by molar-refractivity contribution is 0.00969. The average Bonchev–Trinajstić information content (AvgIpc) is 2.76. The van der Waals surface area contributed by atoms with Crippen molar-refractivity contribution in [2.24, 2.45) is 0 Å². The highest BCUT2D eigenvalue weighted by molar-refractivity contribution is 9.10. The van der Waals surface area contributed by atoms with E-state index >= 15 is 0 Å². The van der Waals surface area contributed by atoms with Crippen LogP contribution in [0.4, 0.5) is 0 Å². The molecule has 1 unspecified atom stereocenters. The van der Waals surface area contributed by atoms with Crippen molar-refractivity contribution in [1.29, 1.82) is 0 Å². The molecule has 1 N–H and O–H groups in total. The zero-order chi connectivity index (χ0) is 12.3. The van der Waals surface area contributed by atoms with E-state index in [0.29, 0.717) is 23.6 Å². The molecule has 17 heavy (non-hydrogen) atoms. The van der Waals surface area contributed by atoms with Crippen LogP contribution in [0.25, 0.3) is 0 Å². The van der Waals surface area contributed by atoms with E-state index in [1.165, 1.54) is 0 Å². The normalized spacial score (nSPS) is 20.2. The van der Waals surface area contributed by atoms with E-state index in [1.807, 2.05) is 0 Å². The number of amides is 1. The maximum absolute atomic E-state index is 12.0. The number of nitrogens with one attached hydrogen (secondary N) is 1. The van der Waals surface area contributed by atoms with Gasteiger partial charge in [0.05, 0.1) is 12.7 Å². The molecule has 1 amide bonds. The zero-order valence-corrected chi connectivity index (χ0v) is 11.2. The lowest BCUT2D eigenvalue weighted by atomic mass is 10.3. The van der Waals surface area contributed by atoms with Crippen LogP contribution in [0.2, 0.25) is 0 Å². The first kappa shape index (κ1) is 12.6. The van der Waals surface area contributed by atoms with E-state index in [1.54, 1.807) is 24.1 Å². The Hall–Kier alpha value is -0.850. The van der Waals surface area contributed by atoms with Crippen molar-refractivity contribution in [2.75, 3.05) is 33.3 Å². The van der Waals surface area contributed by atoms with Gasteiger partial charge in [0.2, 0.25) is 0 Å². The monoisotopic (exact) mass is 302 g/mol. The molecule has 0 saturated carbocycles. The Kier molecular flexibility index (Phi) is 4.20. The molecule has 6 heteroatoms.